The molecule has 2 saturated heterocycles. The number of nitrogens with one attached hydrogen (secondary N) is 1. The third kappa shape index (κ3) is 5.61. The van der Waals surface area contributed by atoms with Crippen LogP contribution in [0.15, 0.2) is 48.5 Å². The predicted octanol–water partition coefficient (Wildman–Crippen LogP) is 3.39. The van der Waals surface area contributed by atoms with E-state index < -0.39 is 0 Å². The predicted molar refractivity (Wildman–Crippen MR) is 124 cm³/mol. The number of carbonyl (C=O) groups excluding carboxylic acids is 1. The summed E-state index contributed by atoms with van der Waals surface area (Å²) in [4.78, 5) is 19.8. The van der Waals surface area contributed by atoms with Gasteiger partial charge in [-0.3, -0.25) is 9.69 Å². The Labute approximate surface area is 180 Å². The number of rotatable bonds is 7. The third-order valence-electron chi connectivity index (χ3n) is 6.35. The van der Waals surface area contributed by atoms with E-state index in [1.165, 1.54) is 24.1 Å². The lowest BCUT2D eigenvalue weighted by Crippen LogP contribution is -2.49. The van der Waals surface area contributed by atoms with E-state index in [9.17, 15) is 4.79 Å². The normalized spacial score (nSPS) is 18.0. The van der Waals surface area contributed by atoms with Gasteiger partial charge in [-0.1, -0.05) is 30.3 Å². The van der Waals surface area contributed by atoms with Crippen LogP contribution in [-0.2, 0) is 11.2 Å². The van der Waals surface area contributed by atoms with E-state index in [0.29, 0.717) is 6.54 Å². The van der Waals surface area contributed by atoms with Crippen molar-refractivity contribution in [2.45, 2.75) is 26.2 Å². The summed E-state index contributed by atoms with van der Waals surface area (Å²) in [5, 5.41) is 3.12. The highest BCUT2D eigenvalue weighted by Gasteiger charge is 2.19. The van der Waals surface area contributed by atoms with Crippen molar-refractivity contribution in [2.24, 2.45) is 0 Å². The molecule has 0 unspecified atom stereocenters. The topological polar surface area (TPSA) is 38.8 Å². The van der Waals surface area contributed by atoms with E-state index in [-0.39, 0.29) is 5.91 Å². The van der Waals surface area contributed by atoms with E-state index in [4.69, 9.17) is 0 Å². The van der Waals surface area contributed by atoms with Crippen LogP contribution in [0.4, 0.5) is 11.4 Å². The maximum absolute atomic E-state index is 12.6. The first-order valence-electron chi connectivity index (χ1n) is 11.3. The molecule has 160 valence electrons. The van der Waals surface area contributed by atoms with Crippen molar-refractivity contribution in [2.75, 3.05) is 62.6 Å². The Balaban J connectivity index is 1.20. The van der Waals surface area contributed by atoms with E-state index in [2.05, 4.69) is 75.5 Å². The molecule has 30 heavy (non-hydrogen) atoms. The number of hydrogen-bond acceptors (Lipinski definition) is 4. The maximum Gasteiger partial charge on any atom is 0.238 e. The fraction of sp³-hybridized carbons (Fsp3) is 0.480. The Kier molecular flexibility index (Phi) is 7.03. The lowest BCUT2D eigenvalue weighted by molar-refractivity contribution is -0.117. The van der Waals surface area contributed by atoms with Crippen LogP contribution in [-0.4, -0.2) is 68.1 Å². The molecule has 2 heterocycles. The van der Waals surface area contributed by atoms with E-state index in [1.54, 1.807) is 0 Å². The molecule has 0 radical (unpaired) electrons. The minimum atomic E-state index is 0.0877. The van der Waals surface area contributed by atoms with Gasteiger partial charge in [0, 0.05) is 57.2 Å². The summed E-state index contributed by atoms with van der Waals surface area (Å²) in [5.74, 6) is 0.0877. The average Bonchev–Trinajstić information content (AvgIpc) is 3.30. The summed E-state index contributed by atoms with van der Waals surface area (Å²) < 4.78 is 0. The number of amides is 1. The van der Waals surface area contributed by atoms with Crippen molar-refractivity contribution in [1.29, 1.82) is 0 Å². The molecule has 4 rings (SSSR count). The molecule has 2 aliphatic heterocycles. The second-order valence-corrected chi connectivity index (χ2v) is 8.59. The molecule has 0 spiro atoms. The highest BCUT2D eigenvalue weighted by Crippen LogP contribution is 2.25. The molecular weight excluding hydrogens is 372 g/mol. The van der Waals surface area contributed by atoms with Gasteiger partial charge in [-0.05, 0) is 55.5 Å². The van der Waals surface area contributed by atoms with Gasteiger partial charge >= 0.3 is 0 Å². The van der Waals surface area contributed by atoms with Crippen LogP contribution in [0.5, 0.6) is 0 Å². The monoisotopic (exact) mass is 406 g/mol. The largest absolute Gasteiger partial charge is 0.372 e. The van der Waals surface area contributed by atoms with Gasteiger partial charge in [0.2, 0.25) is 5.91 Å². The molecule has 0 saturated carbocycles. The van der Waals surface area contributed by atoms with Crippen molar-refractivity contribution in [3.63, 3.8) is 0 Å². The van der Waals surface area contributed by atoms with Crippen molar-refractivity contribution in [3.8, 4) is 0 Å². The van der Waals surface area contributed by atoms with Crippen LogP contribution >= 0.6 is 0 Å². The van der Waals surface area contributed by atoms with Crippen LogP contribution in [0.2, 0.25) is 0 Å². The van der Waals surface area contributed by atoms with E-state index >= 15 is 0 Å². The number of carbonyl (C=O) groups is 1. The summed E-state index contributed by atoms with van der Waals surface area (Å²) >= 11 is 0. The van der Waals surface area contributed by atoms with Gasteiger partial charge in [-0.25, -0.2) is 0 Å². The maximum atomic E-state index is 12.6. The summed E-state index contributed by atoms with van der Waals surface area (Å²) in [5.41, 5.74) is 4.74. The first kappa shape index (κ1) is 20.9. The smallest absolute Gasteiger partial charge is 0.238 e. The van der Waals surface area contributed by atoms with Crippen molar-refractivity contribution in [1.82, 2.24) is 9.80 Å². The Morgan fingerprint density at radius 3 is 2.30 bits per heavy atom. The third-order valence-corrected chi connectivity index (χ3v) is 6.35. The summed E-state index contributed by atoms with van der Waals surface area (Å²) in [7, 11) is 0. The number of hydrogen-bond donors (Lipinski definition) is 1. The number of nitrogens with zero attached hydrogens (tertiary/aromatic N) is 3. The molecule has 0 aromatic heterocycles. The fourth-order valence-electron chi connectivity index (χ4n) is 4.46. The van der Waals surface area contributed by atoms with Crippen molar-refractivity contribution < 1.29 is 4.79 Å². The molecule has 2 aromatic rings. The summed E-state index contributed by atoms with van der Waals surface area (Å²) in [6.07, 6.45) is 3.64. The Bertz CT molecular complexity index is 824. The zero-order valence-electron chi connectivity index (χ0n) is 18.1. The van der Waals surface area contributed by atoms with Crippen LogP contribution in [0.25, 0.3) is 0 Å². The van der Waals surface area contributed by atoms with E-state index in [1.807, 2.05) is 0 Å². The second kappa shape index (κ2) is 10.1. The molecule has 2 aromatic carbocycles. The first-order chi connectivity index (χ1) is 14.7. The van der Waals surface area contributed by atoms with Crippen LogP contribution < -0.4 is 10.2 Å². The van der Waals surface area contributed by atoms with Gasteiger partial charge in [-0.15, -0.1) is 0 Å². The van der Waals surface area contributed by atoms with Gasteiger partial charge in [0.1, 0.15) is 0 Å². The van der Waals surface area contributed by atoms with Gasteiger partial charge in [0.05, 0.1) is 6.54 Å². The molecule has 5 nitrogen and oxygen atoms in total. The zero-order chi connectivity index (χ0) is 20.8. The zero-order valence-corrected chi connectivity index (χ0v) is 18.1. The Hall–Kier alpha value is -2.37. The van der Waals surface area contributed by atoms with Gasteiger partial charge < -0.3 is 15.1 Å². The van der Waals surface area contributed by atoms with Crippen LogP contribution in [0.3, 0.4) is 0 Å². The molecule has 2 aliphatic rings. The van der Waals surface area contributed by atoms with Crippen LogP contribution in [0.1, 0.15) is 24.0 Å². The number of benzene rings is 2. The summed E-state index contributed by atoms with van der Waals surface area (Å²) in [6.45, 7) is 9.90. The minimum absolute atomic E-state index is 0.0877. The van der Waals surface area contributed by atoms with Crippen molar-refractivity contribution >= 4 is 17.3 Å². The Morgan fingerprint density at radius 1 is 0.900 bits per heavy atom. The second-order valence-electron chi connectivity index (χ2n) is 8.59. The SMILES string of the molecule is Cc1cc(N2CCCC2)ccc1NC(=O)CN1CCN(CCc2ccccc2)CC1. The van der Waals surface area contributed by atoms with Crippen LogP contribution in [0, 0.1) is 6.92 Å². The quantitative estimate of drug-likeness (QED) is 0.765. The van der Waals surface area contributed by atoms with Crippen molar-refractivity contribution in [3.05, 3.63) is 59.7 Å². The number of piperazine rings is 1. The van der Waals surface area contributed by atoms with Gasteiger partial charge in [0.25, 0.3) is 0 Å². The summed E-state index contributed by atoms with van der Waals surface area (Å²) in [6, 6.07) is 17.1. The number of aryl methyl sites for hydroxylation is 1. The first-order valence-corrected chi connectivity index (χ1v) is 11.3. The highest BCUT2D eigenvalue weighted by molar-refractivity contribution is 5.93. The molecule has 0 aliphatic carbocycles. The molecular formula is C25H34N4O. The fourth-order valence-corrected chi connectivity index (χ4v) is 4.46. The van der Waals surface area contributed by atoms with Gasteiger partial charge in [0.15, 0.2) is 0 Å². The molecule has 2 fully saturated rings. The molecule has 1 N–H and O–H groups in total. The average molecular weight is 407 g/mol. The molecule has 0 bridgehead atoms. The van der Waals surface area contributed by atoms with E-state index in [0.717, 1.165) is 63.5 Å². The minimum Gasteiger partial charge on any atom is -0.372 e. The number of anilines is 2. The molecule has 1 amide bonds. The Morgan fingerprint density at radius 2 is 1.60 bits per heavy atom. The highest BCUT2D eigenvalue weighted by atomic mass is 16.2. The standard InChI is InChI=1S/C25H34N4O/c1-21-19-23(29-12-5-6-13-29)9-10-24(21)26-25(30)20-28-17-15-27(16-18-28)14-11-22-7-3-2-4-8-22/h2-4,7-10,19H,5-6,11-18,20H2,1H3,(H,26,30). The molecule has 0 atom stereocenters. The molecule has 5 heteroatoms. The lowest BCUT2D eigenvalue weighted by Gasteiger charge is -2.34. The van der Waals surface area contributed by atoms with Gasteiger partial charge in [-0.2, -0.15) is 0 Å². The lowest BCUT2D eigenvalue weighted by atomic mass is 10.1.